The number of nitrogens with zero attached hydrogens (tertiary/aromatic N) is 1. The molecule has 0 bridgehead atoms. The highest BCUT2D eigenvalue weighted by atomic mass is 19.3. The first-order valence-corrected chi connectivity index (χ1v) is 10.7. The van der Waals surface area contributed by atoms with Crippen molar-refractivity contribution in [3.05, 3.63) is 53.7 Å². The summed E-state index contributed by atoms with van der Waals surface area (Å²) in [5, 5.41) is 13.4. The van der Waals surface area contributed by atoms with Crippen molar-refractivity contribution in [1.29, 1.82) is 0 Å². The summed E-state index contributed by atoms with van der Waals surface area (Å²) in [6.07, 6.45) is -2.43. The smallest absolute Gasteiger partial charge is 0.395 e. The Balaban J connectivity index is 1.40. The summed E-state index contributed by atoms with van der Waals surface area (Å²) in [5.41, 5.74) is 2.65. The van der Waals surface area contributed by atoms with Crippen molar-refractivity contribution in [1.82, 2.24) is 4.57 Å². The lowest BCUT2D eigenvalue weighted by Gasteiger charge is -2.16. The molecular weight excluding hydrogens is 418 g/mol. The molecule has 2 N–H and O–H groups in total. The van der Waals surface area contributed by atoms with Gasteiger partial charge in [-0.2, -0.15) is 0 Å². The number of halogens is 2. The van der Waals surface area contributed by atoms with Gasteiger partial charge in [-0.3, -0.25) is 4.79 Å². The fourth-order valence-corrected chi connectivity index (χ4v) is 4.47. The normalized spacial score (nSPS) is 17.7. The van der Waals surface area contributed by atoms with Crippen molar-refractivity contribution in [3.8, 4) is 11.5 Å². The molecule has 2 aliphatic rings. The minimum Gasteiger partial charge on any atom is -0.395 e. The molecule has 1 saturated carbocycles. The lowest BCUT2D eigenvalue weighted by atomic mass is 9.94. The molecule has 3 aromatic rings. The minimum absolute atomic E-state index is 0.0336. The summed E-state index contributed by atoms with van der Waals surface area (Å²) < 4.78 is 37.8. The average Bonchev–Trinajstić information content (AvgIpc) is 3.38. The average molecular weight is 442 g/mol. The van der Waals surface area contributed by atoms with Gasteiger partial charge in [-0.1, -0.05) is 19.9 Å². The molecule has 168 valence electrons. The second-order valence-electron chi connectivity index (χ2n) is 8.74. The Morgan fingerprint density at radius 1 is 1.12 bits per heavy atom. The van der Waals surface area contributed by atoms with E-state index in [1.165, 1.54) is 12.1 Å². The number of benzene rings is 2. The van der Waals surface area contributed by atoms with Gasteiger partial charge in [-0.05, 0) is 60.7 Å². The number of alkyl halides is 2. The number of carbonyl (C=O) groups excluding carboxylic acids is 1. The van der Waals surface area contributed by atoms with Gasteiger partial charge in [0.05, 0.1) is 12.0 Å². The van der Waals surface area contributed by atoms with Gasteiger partial charge in [0, 0.05) is 28.8 Å². The van der Waals surface area contributed by atoms with Gasteiger partial charge in [-0.15, -0.1) is 8.78 Å². The summed E-state index contributed by atoms with van der Waals surface area (Å²) in [6.45, 7) is 4.76. The van der Waals surface area contributed by atoms with E-state index in [2.05, 4.69) is 39.3 Å². The van der Waals surface area contributed by atoms with Crippen molar-refractivity contribution >= 4 is 22.5 Å². The van der Waals surface area contributed by atoms with E-state index in [0.29, 0.717) is 36.6 Å². The van der Waals surface area contributed by atoms with Crippen LogP contribution in [0.25, 0.3) is 10.9 Å². The van der Waals surface area contributed by atoms with Crippen LogP contribution >= 0.6 is 0 Å². The van der Waals surface area contributed by atoms with Crippen molar-refractivity contribution < 1.29 is 28.2 Å². The van der Waals surface area contributed by atoms with Gasteiger partial charge < -0.3 is 24.5 Å². The maximum absolute atomic E-state index is 13.3. The van der Waals surface area contributed by atoms with Crippen LogP contribution in [-0.4, -0.2) is 28.5 Å². The molecule has 0 spiro atoms. The number of rotatable bonds is 6. The van der Waals surface area contributed by atoms with E-state index in [0.717, 1.165) is 16.6 Å². The first-order valence-electron chi connectivity index (χ1n) is 10.7. The largest absolute Gasteiger partial charge is 0.586 e. The Labute approximate surface area is 183 Å². The van der Waals surface area contributed by atoms with E-state index >= 15 is 0 Å². The number of aromatic nitrogens is 1. The third-order valence-corrected chi connectivity index (χ3v) is 6.24. The van der Waals surface area contributed by atoms with Gasteiger partial charge in [0.15, 0.2) is 11.5 Å². The molecule has 1 aliphatic heterocycles. The van der Waals surface area contributed by atoms with Crippen LogP contribution in [0.1, 0.15) is 43.9 Å². The van der Waals surface area contributed by atoms with Crippen LogP contribution in [-0.2, 0) is 16.8 Å². The number of carbonyl (C=O) groups is 1. The SMILES string of the molecule is CC(C)c1cc2cc(NC(=O)C3(c4ccc5c(c4)OC(F)(F)O5)CC3)ccc2n1CCO. The number of fused-ring (bicyclic) bond motifs is 2. The van der Waals surface area contributed by atoms with Gasteiger partial charge >= 0.3 is 6.29 Å². The number of hydrogen-bond donors (Lipinski definition) is 2. The maximum Gasteiger partial charge on any atom is 0.586 e. The summed E-state index contributed by atoms with van der Waals surface area (Å²) in [6, 6.07) is 12.3. The second-order valence-corrected chi connectivity index (χ2v) is 8.74. The molecule has 1 fully saturated rings. The molecule has 5 rings (SSSR count). The molecule has 0 unspecified atom stereocenters. The van der Waals surface area contributed by atoms with Crippen LogP contribution in [0.15, 0.2) is 42.5 Å². The second kappa shape index (κ2) is 7.20. The van der Waals surface area contributed by atoms with Crippen molar-refractivity contribution in [2.24, 2.45) is 0 Å². The van der Waals surface area contributed by atoms with Crippen LogP contribution in [0.5, 0.6) is 11.5 Å². The summed E-state index contributed by atoms with van der Waals surface area (Å²) in [7, 11) is 0. The van der Waals surface area contributed by atoms with Gasteiger partial charge in [0.25, 0.3) is 0 Å². The summed E-state index contributed by atoms with van der Waals surface area (Å²) >= 11 is 0. The Kier molecular flexibility index (Phi) is 4.67. The van der Waals surface area contributed by atoms with Crippen LogP contribution in [0, 0.1) is 0 Å². The number of aliphatic hydroxyl groups excluding tert-OH is 1. The quantitative estimate of drug-likeness (QED) is 0.578. The number of aliphatic hydroxyl groups is 1. The first-order chi connectivity index (χ1) is 15.2. The molecule has 32 heavy (non-hydrogen) atoms. The predicted octanol–water partition coefficient (Wildman–Crippen LogP) is 4.75. The zero-order chi connectivity index (χ0) is 22.7. The van der Waals surface area contributed by atoms with Crippen LogP contribution < -0.4 is 14.8 Å². The molecule has 0 atom stereocenters. The molecule has 0 saturated heterocycles. The number of anilines is 1. The molecule has 1 aliphatic carbocycles. The molecule has 1 aromatic heterocycles. The van der Waals surface area contributed by atoms with E-state index in [1.54, 1.807) is 6.07 Å². The fourth-order valence-electron chi connectivity index (χ4n) is 4.47. The Morgan fingerprint density at radius 3 is 2.56 bits per heavy atom. The number of amides is 1. The number of nitrogens with one attached hydrogen (secondary N) is 1. The summed E-state index contributed by atoms with van der Waals surface area (Å²) in [5.74, 6) is 0.0228. The van der Waals surface area contributed by atoms with E-state index < -0.39 is 11.7 Å². The lowest BCUT2D eigenvalue weighted by Crippen LogP contribution is -2.27. The van der Waals surface area contributed by atoms with Crippen LogP contribution in [0.2, 0.25) is 0 Å². The first kappa shape index (κ1) is 20.8. The van der Waals surface area contributed by atoms with Crippen molar-refractivity contribution in [2.45, 2.75) is 50.9 Å². The Morgan fingerprint density at radius 2 is 1.88 bits per heavy atom. The molecule has 0 radical (unpaired) electrons. The lowest BCUT2D eigenvalue weighted by molar-refractivity contribution is -0.286. The van der Waals surface area contributed by atoms with Gasteiger partial charge in [0.2, 0.25) is 5.91 Å². The molecule has 8 heteroatoms. The maximum atomic E-state index is 13.3. The third-order valence-electron chi connectivity index (χ3n) is 6.24. The van der Waals surface area contributed by atoms with E-state index in [9.17, 15) is 18.7 Å². The summed E-state index contributed by atoms with van der Waals surface area (Å²) in [4.78, 5) is 13.2. The van der Waals surface area contributed by atoms with Gasteiger partial charge in [0.1, 0.15) is 0 Å². The van der Waals surface area contributed by atoms with Crippen LogP contribution in [0.4, 0.5) is 14.5 Å². The minimum atomic E-state index is -3.68. The van der Waals surface area contributed by atoms with Crippen molar-refractivity contribution in [3.63, 3.8) is 0 Å². The molecule has 2 heterocycles. The van der Waals surface area contributed by atoms with Crippen molar-refractivity contribution in [2.75, 3.05) is 11.9 Å². The van der Waals surface area contributed by atoms with E-state index in [1.807, 2.05) is 18.2 Å². The molecule has 6 nitrogen and oxygen atoms in total. The van der Waals surface area contributed by atoms with Gasteiger partial charge in [-0.25, -0.2) is 0 Å². The Bertz CT molecular complexity index is 1210. The highest BCUT2D eigenvalue weighted by molar-refractivity contribution is 6.02. The molecule has 1 amide bonds. The number of ether oxygens (including phenoxy) is 2. The number of hydrogen-bond acceptors (Lipinski definition) is 4. The third kappa shape index (κ3) is 3.39. The topological polar surface area (TPSA) is 72.7 Å². The highest BCUT2D eigenvalue weighted by Gasteiger charge is 2.52. The van der Waals surface area contributed by atoms with E-state index in [4.69, 9.17) is 0 Å². The standard InChI is InChI=1S/C24H24F2N2O4/c1-14(2)19-12-15-11-17(4-5-18(15)28(19)9-10-29)27-22(30)23(7-8-23)16-3-6-20-21(13-16)32-24(25,26)31-20/h3-6,11-14,29H,7-10H2,1-2H3,(H,27,30). The zero-order valence-corrected chi connectivity index (χ0v) is 17.8. The monoisotopic (exact) mass is 442 g/mol. The zero-order valence-electron chi connectivity index (χ0n) is 17.8. The fraction of sp³-hybridized carbons (Fsp3) is 0.375. The Hall–Kier alpha value is -3.13. The van der Waals surface area contributed by atoms with Crippen LogP contribution in [0.3, 0.4) is 0 Å². The molecular formula is C24H24F2N2O4. The molecule has 2 aromatic carbocycles. The highest BCUT2D eigenvalue weighted by Crippen LogP contribution is 2.52. The van der Waals surface area contributed by atoms with E-state index in [-0.39, 0.29) is 24.0 Å². The predicted molar refractivity (Wildman–Crippen MR) is 115 cm³/mol.